The third-order valence-electron chi connectivity index (χ3n) is 2.04. The maximum absolute atomic E-state index is 5.39. The fourth-order valence-electron chi connectivity index (χ4n) is 1.33. The van der Waals surface area contributed by atoms with E-state index in [-0.39, 0.29) is 0 Å². The minimum atomic E-state index is 0.325. The van der Waals surface area contributed by atoms with Crippen molar-refractivity contribution in [2.75, 3.05) is 13.3 Å². The van der Waals surface area contributed by atoms with Gasteiger partial charge in [0.1, 0.15) is 0 Å². The summed E-state index contributed by atoms with van der Waals surface area (Å²) in [6, 6.07) is 5.89. The normalized spacial score (nSPS) is 13.8. The number of benzene rings is 1. The Kier molecular flexibility index (Phi) is 2.70. The number of hydrogen-bond donors (Lipinski definition) is 1. The van der Waals surface area contributed by atoms with Gasteiger partial charge in [0.05, 0.1) is 0 Å². The molecule has 74 valence electrons. The lowest BCUT2D eigenvalue weighted by molar-refractivity contribution is 0.174. The van der Waals surface area contributed by atoms with E-state index in [1.807, 2.05) is 24.3 Å². The van der Waals surface area contributed by atoms with Gasteiger partial charge in [-0.15, -0.1) is 0 Å². The summed E-state index contributed by atoms with van der Waals surface area (Å²) in [5, 5.41) is 0. The SMILES string of the molecule is NCC/C=C/c1ccc2c(c1)OCO2. The topological polar surface area (TPSA) is 44.5 Å². The Morgan fingerprint density at radius 3 is 3.00 bits per heavy atom. The Bertz CT molecular complexity index is 347. The van der Waals surface area contributed by atoms with Crippen molar-refractivity contribution >= 4 is 6.08 Å². The first-order chi connectivity index (χ1) is 6.90. The molecule has 0 unspecified atom stereocenters. The van der Waals surface area contributed by atoms with E-state index in [9.17, 15) is 0 Å². The predicted molar refractivity (Wildman–Crippen MR) is 55.3 cm³/mol. The van der Waals surface area contributed by atoms with Crippen LogP contribution in [0.25, 0.3) is 6.08 Å². The summed E-state index contributed by atoms with van der Waals surface area (Å²) in [4.78, 5) is 0. The largest absolute Gasteiger partial charge is 0.454 e. The van der Waals surface area contributed by atoms with Crippen molar-refractivity contribution in [1.29, 1.82) is 0 Å². The lowest BCUT2D eigenvalue weighted by Gasteiger charge is -1.97. The molecule has 0 bridgehead atoms. The molecule has 1 aromatic carbocycles. The molecule has 0 spiro atoms. The van der Waals surface area contributed by atoms with Crippen molar-refractivity contribution in [3.8, 4) is 11.5 Å². The molecule has 1 aliphatic rings. The van der Waals surface area contributed by atoms with Crippen LogP contribution in [-0.4, -0.2) is 13.3 Å². The van der Waals surface area contributed by atoms with E-state index in [4.69, 9.17) is 15.2 Å². The summed E-state index contributed by atoms with van der Waals surface area (Å²) in [5.41, 5.74) is 6.50. The van der Waals surface area contributed by atoms with Crippen molar-refractivity contribution in [2.24, 2.45) is 5.73 Å². The van der Waals surface area contributed by atoms with Crippen LogP contribution < -0.4 is 15.2 Å². The minimum Gasteiger partial charge on any atom is -0.454 e. The first kappa shape index (κ1) is 9.09. The van der Waals surface area contributed by atoms with Gasteiger partial charge in [0.2, 0.25) is 6.79 Å². The van der Waals surface area contributed by atoms with E-state index in [0.29, 0.717) is 13.3 Å². The van der Waals surface area contributed by atoms with Crippen LogP contribution in [0, 0.1) is 0 Å². The molecular weight excluding hydrogens is 178 g/mol. The second kappa shape index (κ2) is 4.15. The van der Waals surface area contributed by atoms with E-state index < -0.39 is 0 Å². The number of ether oxygens (including phenoxy) is 2. The fraction of sp³-hybridized carbons (Fsp3) is 0.273. The van der Waals surface area contributed by atoms with Crippen molar-refractivity contribution in [3.63, 3.8) is 0 Å². The van der Waals surface area contributed by atoms with Gasteiger partial charge in [-0.2, -0.15) is 0 Å². The van der Waals surface area contributed by atoms with Crippen LogP contribution in [0.5, 0.6) is 11.5 Å². The van der Waals surface area contributed by atoms with Crippen LogP contribution in [0.15, 0.2) is 24.3 Å². The molecule has 1 aromatic rings. The zero-order chi connectivity index (χ0) is 9.80. The van der Waals surface area contributed by atoms with Gasteiger partial charge in [0.25, 0.3) is 0 Å². The Hall–Kier alpha value is -1.48. The second-order valence-electron chi connectivity index (χ2n) is 3.09. The summed E-state index contributed by atoms with van der Waals surface area (Å²) in [6.07, 6.45) is 4.99. The minimum absolute atomic E-state index is 0.325. The second-order valence-corrected chi connectivity index (χ2v) is 3.09. The molecule has 0 atom stereocenters. The van der Waals surface area contributed by atoms with Crippen LogP contribution in [0.1, 0.15) is 12.0 Å². The van der Waals surface area contributed by atoms with Gasteiger partial charge in [-0.05, 0) is 30.7 Å². The van der Waals surface area contributed by atoms with E-state index in [2.05, 4.69) is 6.08 Å². The Morgan fingerprint density at radius 1 is 1.29 bits per heavy atom. The summed E-state index contributed by atoms with van der Waals surface area (Å²) in [6.45, 7) is 1.01. The maximum Gasteiger partial charge on any atom is 0.231 e. The number of nitrogens with two attached hydrogens (primary N) is 1. The zero-order valence-electron chi connectivity index (χ0n) is 7.90. The highest BCUT2D eigenvalue weighted by Gasteiger charge is 2.11. The number of hydrogen-bond acceptors (Lipinski definition) is 3. The summed E-state index contributed by atoms with van der Waals surface area (Å²) in [7, 11) is 0. The summed E-state index contributed by atoms with van der Waals surface area (Å²) in [5.74, 6) is 1.64. The standard InChI is InChI=1S/C11H13NO2/c12-6-2-1-3-9-4-5-10-11(7-9)14-8-13-10/h1,3-5,7H,2,6,8,12H2/b3-1+. The molecule has 3 nitrogen and oxygen atoms in total. The van der Waals surface area contributed by atoms with Crippen LogP contribution in [-0.2, 0) is 0 Å². The molecule has 14 heavy (non-hydrogen) atoms. The van der Waals surface area contributed by atoms with E-state index in [1.54, 1.807) is 0 Å². The fourth-order valence-corrected chi connectivity index (χ4v) is 1.33. The van der Waals surface area contributed by atoms with Gasteiger partial charge in [-0.3, -0.25) is 0 Å². The van der Waals surface area contributed by atoms with Crippen LogP contribution in [0.4, 0.5) is 0 Å². The van der Waals surface area contributed by atoms with Crippen molar-refractivity contribution in [3.05, 3.63) is 29.8 Å². The quantitative estimate of drug-likeness (QED) is 0.792. The molecule has 1 heterocycles. The summed E-state index contributed by atoms with van der Waals surface area (Å²) < 4.78 is 10.5. The smallest absolute Gasteiger partial charge is 0.231 e. The Balaban J connectivity index is 2.12. The molecule has 0 saturated heterocycles. The molecule has 0 fully saturated rings. The molecule has 2 N–H and O–H groups in total. The zero-order valence-corrected chi connectivity index (χ0v) is 7.90. The van der Waals surface area contributed by atoms with Gasteiger partial charge in [-0.25, -0.2) is 0 Å². The highest BCUT2D eigenvalue weighted by molar-refractivity contribution is 5.56. The molecule has 0 aliphatic carbocycles. The van der Waals surface area contributed by atoms with Gasteiger partial charge < -0.3 is 15.2 Å². The van der Waals surface area contributed by atoms with Crippen LogP contribution >= 0.6 is 0 Å². The molecule has 1 aliphatic heterocycles. The van der Waals surface area contributed by atoms with Crippen molar-refractivity contribution < 1.29 is 9.47 Å². The first-order valence-electron chi connectivity index (χ1n) is 4.66. The Labute approximate surface area is 83.1 Å². The molecule has 0 saturated carbocycles. The number of rotatable bonds is 3. The average Bonchev–Trinajstić information content (AvgIpc) is 2.65. The van der Waals surface area contributed by atoms with Crippen LogP contribution in [0.2, 0.25) is 0 Å². The van der Waals surface area contributed by atoms with Gasteiger partial charge in [0.15, 0.2) is 11.5 Å². The highest BCUT2D eigenvalue weighted by Crippen LogP contribution is 2.32. The Morgan fingerprint density at radius 2 is 2.14 bits per heavy atom. The van der Waals surface area contributed by atoms with Crippen LogP contribution in [0.3, 0.4) is 0 Å². The molecular formula is C11H13NO2. The van der Waals surface area contributed by atoms with Gasteiger partial charge in [-0.1, -0.05) is 18.2 Å². The third-order valence-corrected chi connectivity index (χ3v) is 2.04. The molecule has 0 radical (unpaired) electrons. The first-order valence-corrected chi connectivity index (χ1v) is 4.66. The van der Waals surface area contributed by atoms with Crippen molar-refractivity contribution in [2.45, 2.75) is 6.42 Å². The summed E-state index contributed by atoms with van der Waals surface area (Å²) >= 11 is 0. The van der Waals surface area contributed by atoms with Gasteiger partial charge >= 0.3 is 0 Å². The monoisotopic (exact) mass is 191 g/mol. The van der Waals surface area contributed by atoms with E-state index in [1.165, 1.54) is 0 Å². The maximum atomic E-state index is 5.39. The predicted octanol–water partition coefficient (Wildman–Crippen LogP) is 1.78. The molecule has 0 aromatic heterocycles. The average molecular weight is 191 g/mol. The van der Waals surface area contributed by atoms with Gasteiger partial charge in [0, 0.05) is 0 Å². The van der Waals surface area contributed by atoms with E-state index >= 15 is 0 Å². The third kappa shape index (κ3) is 1.88. The van der Waals surface area contributed by atoms with Crippen molar-refractivity contribution in [1.82, 2.24) is 0 Å². The number of fused-ring (bicyclic) bond motifs is 1. The molecule has 2 rings (SSSR count). The lowest BCUT2D eigenvalue weighted by Crippen LogP contribution is -1.94. The molecule has 3 heteroatoms. The lowest BCUT2D eigenvalue weighted by atomic mass is 10.2. The highest BCUT2D eigenvalue weighted by atomic mass is 16.7. The molecule has 0 amide bonds. The van der Waals surface area contributed by atoms with E-state index in [0.717, 1.165) is 23.5 Å².